The predicted molar refractivity (Wildman–Crippen MR) is 70.2 cm³/mol. The zero-order valence-electron chi connectivity index (χ0n) is 9.69. The second kappa shape index (κ2) is 5.20. The predicted octanol–water partition coefficient (Wildman–Crippen LogP) is 3.96. The average Bonchev–Trinajstić information content (AvgIpc) is 2.39. The van der Waals surface area contributed by atoms with Gasteiger partial charge in [0.25, 0.3) is 0 Å². The molecular weight excluding hydrogens is 278 g/mol. The zero-order valence-corrected chi connectivity index (χ0v) is 11.3. The molecule has 1 aliphatic rings. The Bertz CT molecular complexity index is 432. The summed E-state index contributed by atoms with van der Waals surface area (Å²) in [7, 11) is 0. The molecule has 1 N–H and O–H groups in total. The van der Waals surface area contributed by atoms with Gasteiger partial charge in [0.2, 0.25) is 0 Å². The van der Waals surface area contributed by atoms with E-state index in [2.05, 4.69) is 22.0 Å². The number of nitrogens with zero attached hydrogens (tertiary/aromatic N) is 1. The summed E-state index contributed by atoms with van der Waals surface area (Å²) in [4.78, 5) is 0. The molecule has 0 amide bonds. The van der Waals surface area contributed by atoms with Gasteiger partial charge in [0.1, 0.15) is 0 Å². The van der Waals surface area contributed by atoms with Crippen molar-refractivity contribution in [1.29, 1.82) is 5.26 Å². The summed E-state index contributed by atoms with van der Waals surface area (Å²) in [6, 6.07) is 9.99. The van der Waals surface area contributed by atoms with E-state index in [-0.39, 0.29) is 0 Å². The second-order valence-electron chi connectivity index (χ2n) is 4.75. The first kappa shape index (κ1) is 12.6. The van der Waals surface area contributed by atoms with Crippen LogP contribution in [0.2, 0.25) is 0 Å². The van der Waals surface area contributed by atoms with E-state index >= 15 is 0 Å². The van der Waals surface area contributed by atoms with Crippen LogP contribution in [0.15, 0.2) is 28.7 Å². The standard InChI is InChI=1S/C14H16BrNO/c15-12-7-3-2-6-11(12)13(17)14(10-16)8-4-1-5-9-14/h2-3,6-7,13,17H,1,4-5,8-9H2. The molecule has 0 saturated heterocycles. The van der Waals surface area contributed by atoms with Gasteiger partial charge in [-0.05, 0) is 24.5 Å². The number of rotatable bonds is 2. The maximum absolute atomic E-state index is 10.5. The van der Waals surface area contributed by atoms with Crippen LogP contribution in [0.3, 0.4) is 0 Å². The Kier molecular flexibility index (Phi) is 3.86. The van der Waals surface area contributed by atoms with Crippen LogP contribution in [0.4, 0.5) is 0 Å². The Labute approximate surface area is 110 Å². The van der Waals surface area contributed by atoms with Crippen molar-refractivity contribution < 1.29 is 5.11 Å². The van der Waals surface area contributed by atoms with Crippen molar-refractivity contribution in [3.63, 3.8) is 0 Å². The number of nitriles is 1. The normalized spacial score (nSPS) is 20.5. The van der Waals surface area contributed by atoms with Crippen molar-refractivity contribution in [2.45, 2.75) is 38.2 Å². The smallest absolute Gasteiger partial charge is 0.0987 e. The fourth-order valence-corrected chi connectivity index (χ4v) is 3.13. The van der Waals surface area contributed by atoms with Crippen LogP contribution in [0.5, 0.6) is 0 Å². The lowest BCUT2D eigenvalue weighted by Crippen LogP contribution is -2.30. The van der Waals surface area contributed by atoms with E-state index in [1.165, 1.54) is 6.42 Å². The summed E-state index contributed by atoms with van der Waals surface area (Å²) in [5, 5.41) is 20.0. The van der Waals surface area contributed by atoms with Gasteiger partial charge in [-0.3, -0.25) is 0 Å². The Morgan fingerprint density at radius 3 is 2.47 bits per heavy atom. The van der Waals surface area contributed by atoms with E-state index in [0.717, 1.165) is 35.7 Å². The summed E-state index contributed by atoms with van der Waals surface area (Å²) < 4.78 is 0.882. The lowest BCUT2D eigenvalue weighted by atomic mass is 9.69. The number of halogens is 1. The van der Waals surface area contributed by atoms with Gasteiger partial charge >= 0.3 is 0 Å². The number of benzene rings is 1. The highest BCUT2D eigenvalue weighted by molar-refractivity contribution is 9.10. The van der Waals surface area contributed by atoms with Gasteiger partial charge in [-0.2, -0.15) is 5.26 Å². The minimum absolute atomic E-state index is 0.595. The van der Waals surface area contributed by atoms with Gasteiger partial charge in [-0.15, -0.1) is 0 Å². The van der Waals surface area contributed by atoms with E-state index in [1.54, 1.807) is 0 Å². The molecule has 0 aliphatic heterocycles. The lowest BCUT2D eigenvalue weighted by molar-refractivity contribution is 0.0354. The first-order valence-electron chi connectivity index (χ1n) is 6.03. The van der Waals surface area contributed by atoms with Gasteiger partial charge in [-0.1, -0.05) is 53.4 Å². The number of aliphatic hydroxyl groups is 1. The fraction of sp³-hybridized carbons (Fsp3) is 0.500. The number of aliphatic hydroxyl groups excluding tert-OH is 1. The summed E-state index contributed by atoms with van der Waals surface area (Å²) in [5.41, 5.74) is 0.234. The van der Waals surface area contributed by atoms with Gasteiger partial charge in [0, 0.05) is 4.47 Å². The van der Waals surface area contributed by atoms with Crippen LogP contribution in [-0.2, 0) is 0 Å². The molecule has 1 aliphatic carbocycles. The Balaban J connectivity index is 2.32. The molecule has 1 aromatic carbocycles. The molecule has 1 saturated carbocycles. The number of hydrogen-bond donors (Lipinski definition) is 1. The van der Waals surface area contributed by atoms with Crippen molar-refractivity contribution in [3.8, 4) is 6.07 Å². The molecule has 2 rings (SSSR count). The molecule has 0 aromatic heterocycles. The molecule has 1 fully saturated rings. The molecule has 1 aromatic rings. The highest BCUT2D eigenvalue weighted by Crippen LogP contribution is 2.46. The Hall–Kier alpha value is -0.850. The third-order valence-electron chi connectivity index (χ3n) is 3.69. The molecule has 17 heavy (non-hydrogen) atoms. The van der Waals surface area contributed by atoms with E-state index in [0.29, 0.717) is 0 Å². The summed E-state index contributed by atoms with van der Waals surface area (Å²) >= 11 is 3.45. The van der Waals surface area contributed by atoms with E-state index in [1.807, 2.05) is 24.3 Å². The van der Waals surface area contributed by atoms with Gasteiger partial charge in [0.15, 0.2) is 0 Å². The van der Waals surface area contributed by atoms with Crippen molar-refractivity contribution in [1.82, 2.24) is 0 Å². The van der Waals surface area contributed by atoms with Crippen LogP contribution in [0.1, 0.15) is 43.8 Å². The molecule has 90 valence electrons. The maximum Gasteiger partial charge on any atom is 0.0987 e. The van der Waals surface area contributed by atoms with E-state index in [9.17, 15) is 10.4 Å². The molecule has 3 heteroatoms. The first-order valence-corrected chi connectivity index (χ1v) is 6.83. The van der Waals surface area contributed by atoms with Crippen LogP contribution in [0.25, 0.3) is 0 Å². The molecule has 0 radical (unpaired) electrons. The molecule has 2 nitrogen and oxygen atoms in total. The SMILES string of the molecule is N#CC1(C(O)c2ccccc2Br)CCCCC1. The summed E-state index contributed by atoms with van der Waals surface area (Å²) in [5.74, 6) is 0. The van der Waals surface area contributed by atoms with Crippen molar-refractivity contribution in [2.24, 2.45) is 5.41 Å². The van der Waals surface area contributed by atoms with Crippen molar-refractivity contribution in [3.05, 3.63) is 34.3 Å². The average molecular weight is 294 g/mol. The molecule has 0 bridgehead atoms. The summed E-state index contributed by atoms with van der Waals surface area (Å²) in [6.45, 7) is 0. The minimum atomic E-state index is -0.691. The van der Waals surface area contributed by atoms with Gasteiger partial charge < -0.3 is 5.11 Å². The summed E-state index contributed by atoms with van der Waals surface area (Å²) in [6.07, 6.45) is 4.15. The zero-order chi connectivity index (χ0) is 12.3. The topological polar surface area (TPSA) is 44.0 Å². The highest BCUT2D eigenvalue weighted by Gasteiger charge is 2.40. The third-order valence-corrected chi connectivity index (χ3v) is 4.41. The third kappa shape index (κ3) is 2.38. The van der Waals surface area contributed by atoms with Crippen LogP contribution in [0, 0.1) is 16.7 Å². The second-order valence-corrected chi connectivity index (χ2v) is 5.61. The van der Waals surface area contributed by atoms with E-state index < -0.39 is 11.5 Å². The minimum Gasteiger partial charge on any atom is -0.387 e. The molecular formula is C14H16BrNO. The van der Waals surface area contributed by atoms with Crippen LogP contribution < -0.4 is 0 Å². The van der Waals surface area contributed by atoms with Crippen molar-refractivity contribution >= 4 is 15.9 Å². The molecule has 0 heterocycles. The lowest BCUT2D eigenvalue weighted by Gasteiger charge is -2.35. The maximum atomic E-state index is 10.5. The molecule has 1 unspecified atom stereocenters. The Morgan fingerprint density at radius 2 is 1.88 bits per heavy atom. The van der Waals surface area contributed by atoms with Crippen LogP contribution >= 0.6 is 15.9 Å². The van der Waals surface area contributed by atoms with E-state index in [4.69, 9.17) is 0 Å². The Morgan fingerprint density at radius 1 is 1.24 bits per heavy atom. The largest absolute Gasteiger partial charge is 0.387 e. The van der Waals surface area contributed by atoms with Crippen molar-refractivity contribution in [2.75, 3.05) is 0 Å². The molecule has 0 spiro atoms. The van der Waals surface area contributed by atoms with Gasteiger partial charge in [0.05, 0.1) is 17.6 Å². The van der Waals surface area contributed by atoms with Crippen LogP contribution in [-0.4, -0.2) is 5.11 Å². The number of hydrogen-bond acceptors (Lipinski definition) is 2. The van der Waals surface area contributed by atoms with Gasteiger partial charge in [-0.25, -0.2) is 0 Å². The monoisotopic (exact) mass is 293 g/mol. The molecule has 1 atom stereocenters. The first-order chi connectivity index (χ1) is 8.19. The fourth-order valence-electron chi connectivity index (χ4n) is 2.62. The quantitative estimate of drug-likeness (QED) is 0.897. The highest BCUT2D eigenvalue weighted by atomic mass is 79.9.